The van der Waals surface area contributed by atoms with E-state index < -0.39 is 5.97 Å². The van der Waals surface area contributed by atoms with Crippen LogP contribution in [0.2, 0.25) is 5.02 Å². The maximum absolute atomic E-state index is 12.4. The summed E-state index contributed by atoms with van der Waals surface area (Å²) >= 11 is 6.12. The van der Waals surface area contributed by atoms with Crippen molar-refractivity contribution in [3.8, 4) is 0 Å². The first-order chi connectivity index (χ1) is 12.5. The second-order valence-corrected chi connectivity index (χ2v) is 7.17. The number of rotatable bonds is 7. The maximum atomic E-state index is 12.4. The molecule has 26 heavy (non-hydrogen) atoms. The highest BCUT2D eigenvalue weighted by Gasteiger charge is 2.23. The van der Waals surface area contributed by atoms with Crippen LogP contribution in [0.5, 0.6) is 0 Å². The topological polar surface area (TPSA) is 85.4 Å². The molecule has 0 saturated carbocycles. The minimum Gasteiger partial charge on any atom is -0.481 e. The van der Waals surface area contributed by atoms with Crippen molar-refractivity contribution < 1.29 is 14.7 Å². The Hall–Kier alpha value is -2.21. The zero-order chi connectivity index (χ0) is 18.5. The average molecular weight is 378 g/mol. The summed E-state index contributed by atoms with van der Waals surface area (Å²) in [5, 5.41) is 13.3. The van der Waals surface area contributed by atoms with E-state index in [1.807, 2.05) is 23.1 Å². The van der Waals surface area contributed by atoms with E-state index in [4.69, 9.17) is 16.7 Å². The minimum absolute atomic E-state index is 0.0439. The van der Waals surface area contributed by atoms with Crippen molar-refractivity contribution in [3.63, 3.8) is 0 Å². The number of amides is 2. The molecular weight excluding hydrogens is 354 g/mol. The number of nitrogens with one attached hydrogen (secondary N) is 2. The molecule has 1 aliphatic rings. The normalized spacial score (nSPS) is 13.7. The lowest BCUT2D eigenvalue weighted by molar-refractivity contribution is -0.137. The second-order valence-electron chi connectivity index (χ2n) is 6.73. The lowest BCUT2D eigenvalue weighted by Crippen LogP contribution is -2.42. The number of aromatic amines is 1. The summed E-state index contributed by atoms with van der Waals surface area (Å²) in [5.74, 6) is -0.749. The van der Waals surface area contributed by atoms with E-state index in [9.17, 15) is 9.59 Å². The van der Waals surface area contributed by atoms with Crippen LogP contribution in [0.4, 0.5) is 4.79 Å². The first-order valence-corrected chi connectivity index (χ1v) is 9.46. The zero-order valence-corrected chi connectivity index (χ0v) is 15.4. The van der Waals surface area contributed by atoms with Crippen LogP contribution in [0.1, 0.15) is 43.4 Å². The van der Waals surface area contributed by atoms with Crippen molar-refractivity contribution in [1.82, 2.24) is 15.2 Å². The van der Waals surface area contributed by atoms with Gasteiger partial charge in [0.05, 0.1) is 0 Å². The molecule has 3 rings (SSSR count). The van der Waals surface area contributed by atoms with Gasteiger partial charge in [-0.3, -0.25) is 4.79 Å². The van der Waals surface area contributed by atoms with E-state index >= 15 is 0 Å². The number of unbranched alkanes of at least 4 members (excludes halogenated alkanes) is 3. The fraction of sp³-hybridized carbons (Fsp3) is 0.474. The highest BCUT2D eigenvalue weighted by atomic mass is 35.5. The molecule has 0 spiro atoms. The molecule has 1 aliphatic heterocycles. The van der Waals surface area contributed by atoms with Gasteiger partial charge in [0.25, 0.3) is 0 Å². The third-order valence-corrected chi connectivity index (χ3v) is 5.05. The van der Waals surface area contributed by atoms with E-state index in [1.54, 1.807) is 0 Å². The number of carbonyl (C=O) groups is 2. The van der Waals surface area contributed by atoms with Crippen LogP contribution < -0.4 is 5.32 Å². The molecule has 0 saturated heterocycles. The number of H-pyrrole nitrogens is 1. The van der Waals surface area contributed by atoms with E-state index in [-0.39, 0.29) is 12.5 Å². The van der Waals surface area contributed by atoms with Crippen LogP contribution >= 0.6 is 11.6 Å². The zero-order valence-electron chi connectivity index (χ0n) is 14.7. The van der Waals surface area contributed by atoms with Crippen LogP contribution in [0.25, 0.3) is 10.9 Å². The predicted molar refractivity (Wildman–Crippen MR) is 102 cm³/mol. The molecule has 3 N–H and O–H groups in total. The smallest absolute Gasteiger partial charge is 0.317 e. The van der Waals surface area contributed by atoms with Gasteiger partial charge in [0.2, 0.25) is 0 Å². The molecule has 0 unspecified atom stereocenters. The van der Waals surface area contributed by atoms with Crippen LogP contribution in [-0.4, -0.2) is 40.1 Å². The van der Waals surface area contributed by atoms with Gasteiger partial charge in [-0.25, -0.2) is 4.79 Å². The number of hydrogen-bond acceptors (Lipinski definition) is 2. The Labute approximate surface area is 157 Å². The molecule has 0 fully saturated rings. The van der Waals surface area contributed by atoms with Crippen LogP contribution in [0, 0.1) is 0 Å². The van der Waals surface area contributed by atoms with Crippen LogP contribution in [0.3, 0.4) is 0 Å². The summed E-state index contributed by atoms with van der Waals surface area (Å²) in [6.45, 7) is 1.90. The van der Waals surface area contributed by atoms with E-state index in [2.05, 4.69) is 10.3 Å². The molecule has 1 aromatic heterocycles. The van der Waals surface area contributed by atoms with Crippen LogP contribution in [-0.2, 0) is 17.8 Å². The Kier molecular flexibility index (Phi) is 6.04. The first-order valence-electron chi connectivity index (χ1n) is 9.08. The van der Waals surface area contributed by atoms with Gasteiger partial charge >= 0.3 is 12.0 Å². The number of nitrogens with zero attached hydrogens (tertiary/aromatic N) is 1. The summed E-state index contributed by atoms with van der Waals surface area (Å²) < 4.78 is 0. The number of aromatic nitrogens is 1. The lowest BCUT2D eigenvalue weighted by Gasteiger charge is -2.27. The van der Waals surface area contributed by atoms with Crippen molar-refractivity contribution in [2.75, 3.05) is 13.1 Å². The van der Waals surface area contributed by atoms with Gasteiger partial charge in [-0.1, -0.05) is 24.4 Å². The molecular formula is C19H24ClN3O3. The van der Waals surface area contributed by atoms with Gasteiger partial charge in [0, 0.05) is 59.7 Å². The fourth-order valence-electron chi connectivity index (χ4n) is 3.42. The summed E-state index contributed by atoms with van der Waals surface area (Å²) in [6.07, 6.45) is 4.40. The number of carboxylic acids is 1. The first kappa shape index (κ1) is 18.6. The molecule has 0 bridgehead atoms. The second kappa shape index (κ2) is 8.45. The van der Waals surface area contributed by atoms with Crippen molar-refractivity contribution in [2.24, 2.45) is 0 Å². The van der Waals surface area contributed by atoms with Crippen molar-refractivity contribution in [2.45, 2.75) is 45.1 Å². The molecule has 0 atom stereocenters. The fourth-order valence-corrected chi connectivity index (χ4v) is 3.59. The number of halogens is 1. The number of aliphatic carboxylic acids is 1. The molecule has 2 amide bonds. The number of hydrogen-bond donors (Lipinski definition) is 3. The quantitative estimate of drug-likeness (QED) is 0.639. The van der Waals surface area contributed by atoms with E-state index in [0.717, 1.165) is 42.1 Å². The molecule has 6 nitrogen and oxygen atoms in total. The molecule has 1 aromatic carbocycles. The Morgan fingerprint density at radius 2 is 2.04 bits per heavy atom. The number of fused-ring (bicyclic) bond motifs is 3. The summed E-state index contributed by atoms with van der Waals surface area (Å²) in [7, 11) is 0. The molecule has 2 heterocycles. The van der Waals surface area contributed by atoms with Crippen molar-refractivity contribution in [1.29, 1.82) is 0 Å². The van der Waals surface area contributed by atoms with Gasteiger partial charge in [-0.2, -0.15) is 0 Å². The maximum Gasteiger partial charge on any atom is 0.317 e. The molecule has 0 radical (unpaired) electrons. The summed E-state index contributed by atoms with van der Waals surface area (Å²) in [4.78, 5) is 28.1. The van der Waals surface area contributed by atoms with Crippen molar-refractivity contribution in [3.05, 3.63) is 34.5 Å². The predicted octanol–water partition coefficient (Wildman–Crippen LogP) is 3.92. The summed E-state index contributed by atoms with van der Waals surface area (Å²) in [6, 6.07) is 5.75. The number of carbonyl (C=O) groups excluding carboxylic acids is 1. The third kappa shape index (κ3) is 4.49. The molecule has 7 heteroatoms. The van der Waals surface area contributed by atoms with Gasteiger partial charge in [-0.05, 0) is 31.0 Å². The van der Waals surface area contributed by atoms with E-state index in [1.165, 1.54) is 5.69 Å². The Balaban J connectivity index is 1.47. The molecule has 140 valence electrons. The summed E-state index contributed by atoms with van der Waals surface area (Å²) in [5.41, 5.74) is 3.39. The number of urea groups is 1. The Bertz CT molecular complexity index is 803. The molecule has 0 aliphatic carbocycles. The van der Waals surface area contributed by atoms with Gasteiger partial charge < -0.3 is 20.3 Å². The minimum atomic E-state index is -0.749. The number of carboxylic acid groups (broad SMARTS) is 1. The highest BCUT2D eigenvalue weighted by Crippen LogP contribution is 2.29. The van der Waals surface area contributed by atoms with Gasteiger partial charge in [0.1, 0.15) is 0 Å². The lowest BCUT2D eigenvalue weighted by atomic mass is 10.0. The van der Waals surface area contributed by atoms with E-state index in [0.29, 0.717) is 31.1 Å². The number of benzene rings is 1. The average Bonchev–Trinajstić information content (AvgIpc) is 2.97. The highest BCUT2D eigenvalue weighted by molar-refractivity contribution is 6.31. The Morgan fingerprint density at radius 3 is 2.85 bits per heavy atom. The SMILES string of the molecule is O=C(O)CCCCCCNC(=O)N1CCc2[nH]c3ccc(Cl)cc3c2C1. The standard InChI is InChI=1S/C19H24ClN3O3/c20-13-6-7-16-14(11-13)15-12-23(10-8-17(15)22-16)19(26)21-9-4-2-1-3-5-18(24)25/h6-7,11,22H,1-5,8-10,12H2,(H,21,26)(H,24,25). The van der Waals surface area contributed by atoms with Crippen molar-refractivity contribution >= 4 is 34.5 Å². The van der Waals surface area contributed by atoms with Gasteiger partial charge in [-0.15, -0.1) is 0 Å². The third-order valence-electron chi connectivity index (χ3n) is 4.82. The monoisotopic (exact) mass is 377 g/mol. The molecule has 2 aromatic rings. The largest absolute Gasteiger partial charge is 0.481 e. The van der Waals surface area contributed by atoms with Crippen LogP contribution in [0.15, 0.2) is 18.2 Å². The Morgan fingerprint density at radius 1 is 1.23 bits per heavy atom. The van der Waals surface area contributed by atoms with Gasteiger partial charge in [0.15, 0.2) is 0 Å².